The van der Waals surface area contributed by atoms with Gasteiger partial charge in [-0.25, -0.2) is 0 Å². The molecule has 1 saturated heterocycles. The van der Waals surface area contributed by atoms with Crippen molar-refractivity contribution in [3.8, 4) is 0 Å². The van der Waals surface area contributed by atoms with Crippen molar-refractivity contribution in [2.75, 3.05) is 31.2 Å². The first-order chi connectivity index (χ1) is 13.3. The van der Waals surface area contributed by atoms with Crippen LogP contribution in [0, 0.1) is 6.92 Å². The Morgan fingerprint density at radius 1 is 0.926 bits per heavy atom. The van der Waals surface area contributed by atoms with Crippen LogP contribution < -0.4 is 4.90 Å². The predicted molar refractivity (Wildman–Crippen MR) is 109 cm³/mol. The fraction of sp³-hybridized carbons (Fsp3) is 0.333. The highest BCUT2D eigenvalue weighted by atomic mass is 32.2. The van der Waals surface area contributed by atoms with Crippen molar-refractivity contribution >= 4 is 17.7 Å². The molecular formula is C21H24N4OS. The first-order valence-electron chi connectivity index (χ1n) is 9.28. The van der Waals surface area contributed by atoms with Crippen LogP contribution in [-0.4, -0.2) is 41.1 Å². The van der Waals surface area contributed by atoms with Crippen LogP contribution in [0.4, 0.5) is 5.95 Å². The lowest BCUT2D eigenvalue weighted by molar-refractivity contribution is 0.121. The molecule has 0 amide bonds. The minimum atomic E-state index is 0.740. The van der Waals surface area contributed by atoms with Crippen LogP contribution in [0.3, 0.4) is 0 Å². The number of anilines is 1. The summed E-state index contributed by atoms with van der Waals surface area (Å²) < 4.78 is 7.73. The van der Waals surface area contributed by atoms with E-state index in [0.29, 0.717) is 0 Å². The number of rotatable bonds is 6. The molecule has 27 heavy (non-hydrogen) atoms. The second-order valence-corrected chi connectivity index (χ2v) is 7.67. The van der Waals surface area contributed by atoms with E-state index in [-0.39, 0.29) is 0 Å². The molecule has 1 fully saturated rings. The molecule has 1 aliphatic rings. The summed E-state index contributed by atoms with van der Waals surface area (Å²) >= 11 is 1.74. The van der Waals surface area contributed by atoms with E-state index in [1.165, 1.54) is 16.7 Å². The average Bonchev–Trinajstić information content (AvgIpc) is 3.11. The molecule has 140 valence electrons. The van der Waals surface area contributed by atoms with Gasteiger partial charge in [0.2, 0.25) is 5.95 Å². The molecule has 6 heteroatoms. The van der Waals surface area contributed by atoms with Crippen LogP contribution in [0.15, 0.2) is 59.8 Å². The summed E-state index contributed by atoms with van der Waals surface area (Å²) in [6.45, 7) is 6.08. The van der Waals surface area contributed by atoms with Gasteiger partial charge in [0.1, 0.15) is 0 Å². The molecule has 0 aliphatic carbocycles. The van der Waals surface area contributed by atoms with Gasteiger partial charge >= 0.3 is 0 Å². The maximum absolute atomic E-state index is 5.50. The third-order valence-electron chi connectivity index (χ3n) is 4.66. The van der Waals surface area contributed by atoms with E-state index in [2.05, 4.69) is 75.1 Å². The molecule has 3 aromatic rings. The number of morpholine rings is 1. The quantitative estimate of drug-likeness (QED) is 0.609. The van der Waals surface area contributed by atoms with Gasteiger partial charge in [-0.2, -0.15) is 0 Å². The fourth-order valence-electron chi connectivity index (χ4n) is 3.12. The summed E-state index contributed by atoms with van der Waals surface area (Å²) in [5.74, 6) is 1.82. The highest BCUT2D eigenvalue weighted by Crippen LogP contribution is 2.26. The van der Waals surface area contributed by atoms with Crippen LogP contribution in [0.2, 0.25) is 0 Å². The SMILES string of the molecule is Cc1ccc(CSc2nnc(N3CCOCC3)n2Cc2ccccc2)cc1. The van der Waals surface area contributed by atoms with Gasteiger partial charge in [-0.1, -0.05) is 71.9 Å². The number of aryl methyl sites for hydroxylation is 1. The maximum atomic E-state index is 5.50. The van der Waals surface area contributed by atoms with E-state index in [1.54, 1.807) is 11.8 Å². The molecule has 0 spiro atoms. The van der Waals surface area contributed by atoms with Crippen molar-refractivity contribution < 1.29 is 4.74 Å². The number of hydrogen-bond donors (Lipinski definition) is 0. The normalized spacial score (nSPS) is 14.5. The van der Waals surface area contributed by atoms with Gasteiger partial charge in [-0.3, -0.25) is 4.57 Å². The molecule has 0 N–H and O–H groups in total. The number of nitrogens with zero attached hydrogens (tertiary/aromatic N) is 4. The molecule has 1 aromatic heterocycles. The molecule has 1 aliphatic heterocycles. The monoisotopic (exact) mass is 380 g/mol. The topological polar surface area (TPSA) is 43.2 Å². The minimum absolute atomic E-state index is 0.740. The van der Waals surface area contributed by atoms with Crippen LogP contribution >= 0.6 is 11.8 Å². The molecule has 0 unspecified atom stereocenters. The Morgan fingerprint density at radius 2 is 1.67 bits per heavy atom. The van der Waals surface area contributed by atoms with Gasteiger partial charge in [0.25, 0.3) is 0 Å². The van der Waals surface area contributed by atoms with E-state index < -0.39 is 0 Å². The zero-order chi connectivity index (χ0) is 18.5. The summed E-state index contributed by atoms with van der Waals surface area (Å²) in [5.41, 5.74) is 3.84. The third kappa shape index (κ3) is 4.51. The van der Waals surface area contributed by atoms with Crippen molar-refractivity contribution in [1.82, 2.24) is 14.8 Å². The van der Waals surface area contributed by atoms with Gasteiger partial charge in [0, 0.05) is 18.8 Å². The number of ether oxygens (including phenoxy) is 1. The molecule has 0 atom stereocenters. The van der Waals surface area contributed by atoms with Gasteiger partial charge in [-0.05, 0) is 18.1 Å². The van der Waals surface area contributed by atoms with E-state index in [1.807, 2.05) is 6.07 Å². The summed E-state index contributed by atoms with van der Waals surface area (Å²) in [7, 11) is 0. The lowest BCUT2D eigenvalue weighted by Gasteiger charge is -2.28. The Hall–Kier alpha value is -2.31. The van der Waals surface area contributed by atoms with Crippen LogP contribution in [0.5, 0.6) is 0 Å². The molecular weight excluding hydrogens is 356 g/mol. The predicted octanol–water partition coefficient (Wildman–Crippen LogP) is 3.76. The number of thioether (sulfide) groups is 1. The van der Waals surface area contributed by atoms with Gasteiger partial charge in [0.15, 0.2) is 5.16 Å². The molecule has 5 nitrogen and oxygen atoms in total. The summed E-state index contributed by atoms with van der Waals surface area (Å²) in [5, 5.41) is 10.00. The van der Waals surface area contributed by atoms with Crippen molar-refractivity contribution in [3.05, 3.63) is 71.3 Å². The molecule has 4 rings (SSSR count). The Kier molecular flexibility index (Phi) is 5.75. The second kappa shape index (κ2) is 8.59. The highest BCUT2D eigenvalue weighted by molar-refractivity contribution is 7.98. The lowest BCUT2D eigenvalue weighted by atomic mass is 10.2. The average molecular weight is 381 g/mol. The van der Waals surface area contributed by atoms with E-state index in [0.717, 1.165) is 49.7 Å². The van der Waals surface area contributed by atoms with Crippen molar-refractivity contribution in [1.29, 1.82) is 0 Å². The van der Waals surface area contributed by atoms with Crippen LogP contribution in [0.1, 0.15) is 16.7 Å². The van der Waals surface area contributed by atoms with Crippen molar-refractivity contribution in [2.24, 2.45) is 0 Å². The fourth-order valence-corrected chi connectivity index (χ4v) is 4.01. The highest BCUT2D eigenvalue weighted by Gasteiger charge is 2.20. The Balaban J connectivity index is 1.57. The first kappa shape index (κ1) is 18.1. The van der Waals surface area contributed by atoms with Gasteiger partial charge in [-0.15, -0.1) is 10.2 Å². The second-order valence-electron chi connectivity index (χ2n) is 6.73. The Labute approximate surface area is 164 Å². The van der Waals surface area contributed by atoms with Crippen LogP contribution in [-0.2, 0) is 17.0 Å². The number of benzene rings is 2. The Bertz CT molecular complexity index is 858. The van der Waals surface area contributed by atoms with Gasteiger partial charge < -0.3 is 9.64 Å². The largest absolute Gasteiger partial charge is 0.378 e. The molecule has 0 saturated carbocycles. The maximum Gasteiger partial charge on any atom is 0.228 e. The van der Waals surface area contributed by atoms with E-state index >= 15 is 0 Å². The summed E-state index contributed by atoms with van der Waals surface area (Å²) in [6, 6.07) is 19.2. The molecule has 0 radical (unpaired) electrons. The van der Waals surface area contributed by atoms with E-state index in [4.69, 9.17) is 4.74 Å². The van der Waals surface area contributed by atoms with Crippen molar-refractivity contribution in [3.63, 3.8) is 0 Å². The summed E-state index contributed by atoms with van der Waals surface area (Å²) in [4.78, 5) is 2.27. The zero-order valence-corrected chi connectivity index (χ0v) is 16.4. The zero-order valence-electron chi connectivity index (χ0n) is 15.5. The lowest BCUT2D eigenvalue weighted by Crippen LogP contribution is -2.38. The summed E-state index contributed by atoms with van der Waals surface area (Å²) in [6.07, 6.45) is 0. The van der Waals surface area contributed by atoms with Crippen LogP contribution in [0.25, 0.3) is 0 Å². The standard InChI is InChI=1S/C21H24N4OS/c1-17-7-9-19(10-8-17)16-27-21-23-22-20(24-11-13-26-14-12-24)25(21)15-18-5-3-2-4-6-18/h2-10H,11-16H2,1H3. The third-order valence-corrected chi connectivity index (χ3v) is 5.70. The minimum Gasteiger partial charge on any atom is -0.378 e. The molecule has 2 heterocycles. The Morgan fingerprint density at radius 3 is 2.41 bits per heavy atom. The molecule has 0 bridgehead atoms. The molecule has 2 aromatic carbocycles. The van der Waals surface area contributed by atoms with Crippen molar-refractivity contribution in [2.45, 2.75) is 24.4 Å². The smallest absolute Gasteiger partial charge is 0.228 e. The number of aromatic nitrogens is 3. The van der Waals surface area contributed by atoms with E-state index in [9.17, 15) is 0 Å². The number of hydrogen-bond acceptors (Lipinski definition) is 5. The first-order valence-corrected chi connectivity index (χ1v) is 10.3. The van der Waals surface area contributed by atoms with Gasteiger partial charge in [0.05, 0.1) is 19.8 Å².